The summed E-state index contributed by atoms with van der Waals surface area (Å²) in [6.45, 7) is 8.22. The zero-order valence-electron chi connectivity index (χ0n) is 13.5. The summed E-state index contributed by atoms with van der Waals surface area (Å²) in [6, 6.07) is 0. The Bertz CT molecular complexity index is 652. The summed E-state index contributed by atoms with van der Waals surface area (Å²) >= 11 is 1.61. The quantitative estimate of drug-likeness (QED) is 0.627. The standard InChI is InChI=1S/C16H23N5S/c1-4-6-21-11-14(12(2)19-21)10-20-7-5-15-13(9-20)8-17-16(18-15)22-3/h8,11H,4-7,9-10H2,1-3H3. The van der Waals surface area contributed by atoms with E-state index < -0.39 is 0 Å². The maximum absolute atomic E-state index is 4.63. The molecule has 0 unspecified atom stereocenters. The maximum Gasteiger partial charge on any atom is 0.187 e. The van der Waals surface area contributed by atoms with Gasteiger partial charge in [0.2, 0.25) is 0 Å². The summed E-state index contributed by atoms with van der Waals surface area (Å²) in [5, 5.41) is 5.47. The van der Waals surface area contributed by atoms with E-state index in [4.69, 9.17) is 0 Å². The second-order valence-electron chi connectivity index (χ2n) is 5.79. The molecular formula is C16H23N5S. The second kappa shape index (κ2) is 6.79. The zero-order valence-corrected chi connectivity index (χ0v) is 14.4. The molecule has 0 aromatic carbocycles. The van der Waals surface area contributed by atoms with Crippen molar-refractivity contribution >= 4 is 11.8 Å². The van der Waals surface area contributed by atoms with Crippen molar-refractivity contribution in [3.05, 3.63) is 34.9 Å². The molecule has 0 amide bonds. The fraction of sp³-hybridized carbons (Fsp3) is 0.562. The normalized spacial score (nSPS) is 15.0. The van der Waals surface area contributed by atoms with Gasteiger partial charge in [0.15, 0.2) is 5.16 Å². The van der Waals surface area contributed by atoms with Crippen LogP contribution >= 0.6 is 11.8 Å². The number of hydrogen-bond acceptors (Lipinski definition) is 5. The Morgan fingerprint density at radius 1 is 1.36 bits per heavy atom. The molecule has 6 heteroatoms. The summed E-state index contributed by atoms with van der Waals surface area (Å²) in [4.78, 5) is 11.5. The Balaban J connectivity index is 1.70. The number of nitrogens with zero attached hydrogens (tertiary/aromatic N) is 5. The Morgan fingerprint density at radius 2 is 2.23 bits per heavy atom. The van der Waals surface area contributed by atoms with Crippen molar-refractivity contribution in [3.8, 4) is 0 Å². The lowest BCUT2D eigenvalue weighted by Crippen LogP contribution is -2.31. The first-order valence-corrected chi connectivity index (χ1v) is 9.06. The van der Waals surface area contributed by atoms with Crippen molar-refractivity contribution in [1.29, 1.82) is 0 Å². The molecule has 0 spiro atoms. The molecule has 1 aliphatic rings. The van der Waals surface area contributed by atoms with Gasteiger partial charge in [0.1, 0.15) is 0 Å². The molecule has 0 fully saturated rings. The van der Waals surface area contributed by atoms with Crippen LogP contribution in [0.1, 0.15) is 35.9 Å². The maximum atomic E-state index is 4.63. The van der Waals surface area contributed by atoms with Gasteiger partial charge in [-0.25, -0.2) is 9.97 Å². The van der Waals surface area contributed by atoms with Gasteiger partial charge >= 0.3 is 0 Å². The number of hydrogen-bond donors (Lipinski definition) is 0. The lowest BCUT2D eigenvalue weighted by Gasteiger charge is -2.27. The van der Waals surface area contributed by atoms with Crippen molar-refractivity contribution in [1.82, 2.24) is 24.6 Å². The van der Waals surface area contributed by atoms with E-state index in [1.807, 2.05) is 12.5 Å². The van der Waals surface area contributed by atoms with Crippen molar-refractivity contribution in [2.24, 2.45) is 0 Å². The van der Waals surface area contributed by atoms with E-state index in [1.165, 1.54) is 16.8 Å². The van der Waals surface area contributed by atoms with Gasteiger partial charge in [-0.15, -0.1) is 0 Å². The summed E-state index contributed by atoms with van der Waals surface area (Å²) in [6.07, 6.45) is 8.34. The van der Waals surface area contributed by atoms with Crippen LogP contribution in [0.5, 0.6) is 0 Å². The van der Waals surface area contributed by atoms with Crippen LogP contribution in [0.15, 0.2) is 17.6 Å². The van der Waals surface area contributed by atoms with Crippen molar-refractivity contribution in [3.63, 3.8) is 0 Å². The molecule has 0 radical (unpaired) electrons. The van der Waals surface area contributed by atoms with Gasteiger partial charge < -0.3 is 0 Å². The van der Waals surface area contributed by atoms with Gasteiger partial charge in [0, 0.05) is 56.1 Å². The predicted octanol–water partition coefficient (Wildman–Crippen LogP) is 2.67. The largest absolute Gasteiger partial charge is 0.294 e. The third-order valence-corrected chi connectivity index (χ3v) is 4.63. The number of aryl methyl sites for hydroxylation is 2. The summed E-state index contributed by atoms with van der Waals surface area (Å²) in [5.74, 6) is 0. The van der Waals surface area contributed by atoms with Gasteiger partial charge in [-0.3, -0.25) is 9.58 Å². The molecule has 118 valence electrons. The SMILES string of the molecule is CCCn1cc(CN2CCc3nc(SC)ncc3C2)c(C)n1. The Morgan fingerprint density at radius 3 is 3.00 bits per heavy atom. The Labute approximate surface area is 136 Å². The molecule has 0 N–H and O–H groups in total. The van der Waals surface area contributed by atoms with Crippen molar-refractivity contribution < 1.29 is 0 Å². The molecular weight excluding hydrogens is 294 g/mol. The average molecular weight is 317 g/mol. The number of thioether (sulfide) groups is 1. The van der Waals surface area contributed by atoms with Crippen LogP contribution in [-0.2, 0) is 26.1 Å². The molecule has 0 saturated heterocycles. The smallest absolute Gasteiger partial charge is 0.187 e. The van der Waals surface area contributed by atoms with E-state index in [1.54, 1.807) is 11.8 Å². The summed E-state index contributed by atoms with van der Waals surface area (Å²) in [7, 11) is 0. The summed E-state index contributed by atoms with van der Waals surface area (Å²) in [5.41, 5.74) is 4.96. The van der Waals surface area contributed by atoms with Gasteiger partial charge in [-0.05, 0) is 19.6 Å². The lowest BCUT2D eigenvalue weighted by atomic mass is 10.1. The molecule has 0 atom stereocenters. The molecule has 2 aromatic rings. The predicted molar refractivity (Wildman–Crippen MR) is 88.9 cm³/mol. The molecule has 5 nitrogen and oxygen atoms in total. The van der Waals surface area contributed by atoms with E-state index in [9.17, 15) is 0 Å². The van der Waals surface area contributed by atoms with E-state index in [2.05, 4.69) is 44.7 Å². The number of aromatic nitrogens is 4. The van der Waals surface area contributed by atoms with Crippen LogP contribution in [-0.4, -0.2) is 37.4 Å². The van der Waals surface area contributed by atoms with Crippen LogP contribution < -0.4 is 0 Å². The molecule has 0 bridgehead atoms. The third kappa shape index (κ3) is 3.33. The van der Waals surface area contributed by atoms with Crippen LogP contribution in [0.25, 0.3) is 0 Å². The molecule has 3 rings (SSSR count). The van der Waals surface area contributed by atoms with Gasteiger partial charge in [-0.2, -0.15) is 5.10 Å². The van der Waals surface area contributed by atoms with Crippen LogP contribution in [0.3, 0.4) is 0 Å². The summed E-state index contributed by atoms with van der Waals surface area (Å²) < 4.78 is 2.07. The van der Waals surface area contributed by atoms with Gasteiger partial charge in [-0.1, -0.05) is 18.7 Å². The molecule has 1 aliphatic heterocycles. The van der Waals surface area contributed by atoms with Crippen molar-refractivity contribution in [2.45, 2.75) is 51.5 Å². The van der Waals surface area contributed by atoms with E-state index in [0.29, 0.717) is 0 Å². The highest BCUT2D eigenvalue weighted by Crippen LogP contribution is 2.21. The minimum Gasteiger partial charge on any atom is -0.294 e. The average Bonchev–Trinajstić information content (AvgIpc) is 2.87. The van der Waals surface area contributed by atoms with Crippen LogP contribution in [0.4, 0.5) is 0 Å². The minimum atomic E-state index is 0.879. The number of rotatable bonds is 5. The lowest BCUT2D eigenvalue weighted by molar-refractivity contribution is 0.241. The second-order valence-corrected chi connectivity index (χ2v) is 6.57. The Hall–Kier alpha value is -1.40. The first-order chi connectivity index (χ1) is 10.7. The first-order valence-electron chi connectivity index (χ1n) is 7.83. The third-order valence-electron chi connectivity index (χ3n) is 4.07. The fourth-order valence-corrected chi connectivity index (χ4v) is 3.25. The minimum absolute atomic E-state index is 0.879. The van der Waals surface area contributed by atoms with Gasteiger partial charge in [0.25, 0.3) is 0 Å². The molecule has 2 aromatic heterocycles. The van der Waals surface area contributed by atoms with E-state index in [-0.39, 0.29) is 0 Å². The van der Waals surface area contributed by atoms with Gasteiger partial charge in [0.05, 0.1) is 11.4 Å². The van der Waals surface area contributed by atoms with E-state index in [0.717, 1.165) is 49.9 Å². The monoisotopic (exact) mass is 317 g/mol. The first kappa shape index (κ1) is 15.5. The Kier molecular flexibility index (Phi) is 4.78. The molecule has 22 heavy (non-hydrogen) atoms. The highest BCUT2D eigenvalue weighted by atomic mass is 32.2. The van der Waals surface area contributed by atoms with Crippen LogP contribution in [0.2, 0.25) is 0 Å². The molecule has 0 saturated carbocycles. The fourth-order valence-electron chi connectivity index (χ4n) is 2.89. The van der Waals surface area contributed by atoms with Crippen LogP contribution in [0, 0.1) is 6.92 Å². The molecule has 0 aliphatic carbocycles. The van der Waals surface area contributed by atoms with Crippen molar-refractivity contribution in [2.75, 3.05) is 12.8 Å². The zero-order chi connectivity index (χ0) is 15.5. The number of fused-ring (bicyclic) bond motifs is 1. The highest BCUT2D eigenvalue weighted by Gasteiger charge is 2.19. The topological polar surface area (TPSA) is 46.8 Å². The highest BCUT2D eigenvalue weighted by molar-refractivity contribution is 7.98. The van der Waals surface area contributed by atoms with E-state index >= 15 is 0 Å². The molecule has 3 heterocycles.